The number of hydrogen-bond donors (Lipinski definition) is 1. The minimum absolute atomic E-state index is 0.307. The number of benzene rings is 1. The minimum atomic E-state index is -0.610. The number of aliphatic hydroxyl groups excluding tert-OH is 1. The monoisotopic (exact) mass is 291 g/mol. The maximum Gasteiger partial charge on any atom is 0.217 e. The fourth-order valence-corrected chi connectivity index (χ4v) is 2.61. The Morgan fingerprint density at radius 1 is 1.29 bits per heavy atom. The lowest BCUT2D eigenvalue weighted by molar-refractivity contribution is 0.0325. The van der Waals surface area contributed by atoms with E-state index in [1.54, 1.807) is 13.0 Å². The lowest BCUT2D eigenvalue weighted by atomic mass is 9.94. The van der Waals surface area contributed by atoms with E-state index in [1.165, 1.54) is 18.3 Å². The van der Waals surface area contributed by atoms with Gasteiger partial charge in [-0.2, -0.15) is 0 Å². The van der Waals surface area contributed by atoms with Crippen molar-refractivity contribution in [2.45, 2.75) is 32.0 Å². The number of hydrogen-bond acceptors (Lipinski definition) is 3. The zero-order valence-electron chi connectivity index (χ0n) is 11.5. The van der Waals surface area contributed by atoms with Crippen molar-refractivity contribution >= 4 is 0 Å². The number of rotatable bonds is 2. The number of halogens is 2. The zero-order chi connectivity index (χ0) is 15.0. The minimum Gasteiger partial charge on any atom is -0.471 e. The van der Waals surface area contributed by atoms with Gasteiger partial charge in [0, 0.05) is 23.4 Å². The summed E-state index contributed by atoms with van der Waals surface area (Å²) in [5.41, 5.74) is 1.77. The van der Waals surface area contributed by atoms with E-state index in [-0.39, 0.29) is 6.10 Å². The van der Waals surface area contributed by atoms with Crippen molar-refractivity contribution in [2.24, 2.45) is 0 Å². The number of aromatic nitrogens is 1. The standard InChI is InChI=1S/C16H15F2NO2/c1-9(20)15-5-4-13-11(6-7-19-16(13)21-15)12-3-2-10(17)8-14(12)18/h2-3,6-9,15,20H,4-5H2,1H3. The number of fused-ring (bicyclic) bond motifs is 1. The predicted octanol–water partition coefficient (Wildman–Crippen LogP) is 3.10. The molecule has 0 amide bonds. The van der Waals surface area contributed by atoms with E-state index < -0.39 is 17.7 Å². The highest BCUT2D eigenvalue weighted by Gasteiger charge is 2.27. The van der Waals surface area contributed by atoms with Gasteiger partial charge in [0.15, 0.2) is 0 Å². The van der Waals surface area contributed by atoms with Gasteiger partial charge in [-0.3, -0.25) is 0 Å². The normalized spacial score (nSPS) is 18.8. The molecule has 2 atom stereocenters. The first kappa shape index (κ1) is 13.9. The van der Waals surface area contributed by atoms with Gasteiger partial charge in [-0.1, -0.05) is 0 Å². The van der Waals surface area contributed by atoms with E-state index >= 15 is 0 Å². The molecule has 21 heavy (non-hydrogen) atoms. The van der Waals surface area contributed by atoms with Crippen LogP contribution in [-0.2, 0) is 6.42 Å². The molecule has 0 aliphatic carbocycles. The topological polar surface area (TPSA) is 42.4 Å². The van der Waals surface area contributed by atoms with E-state index in [4.69, 9.17) is 4.74 Å². The molecule has 1 aliphatic heterocycles. The Labute approximate surface area is 121 Å². The molecule has 1 aromatic heterocycles. The molecule has 2 unspecified atom stereocenters. The summed E-state index contributed by atoms with van der Waals surface area (Å²) in [7, 11) is 0. The fourth-order valence-electron chi connectivity index (χ4n) is 2.61. The maximum atomic E-state index is 14.0. The van der Waals surface area contributed by atoms with Crippen LogP contribution < -0.4 is 4.74 Å². The molecular formula is C16H15F2NO2. The summed E-state index contributed by atoms with van der Waals surface area (Å²) in [6.45, 7) is 1.67. The summed E-state index contributed by atoms with van der Waals surface area (Å²) >= 11 is 0. The summed E-state index contributed by atoms with van der Waals surface area (Å²) < 4.78 is 32.7. The molecule has 3 rings (SSSR count). The molecule has 0 saturated heterocycles. The average Bonchev–Trinajstić information content (AvgIpc) is 2.46. The van der Waals surface area contributed by atoms with Crippen molar-refractivity contribution in [3.05, 3.63) is 47.7 Å². The van der Waals surface area contributed by atoms with E-state index in [0.717, 1.165) is 11.6 Å². The molecule has 1 aliphatic rings. The van der Waals surface area contributed by atoms with E-state index in [0.29, 0.717) is 29.8 Å². The lowest BCUT2D eigenvalue weighted by Gasteiger charge is -2.28. The highest BCUT2D eigenvalue weighted by molar-refractivity contribution is 5.69. The molecule has 0 fully saturated rings. The molecule has 2 aromatic rings. The van der Waals surface area contributed by atoms with Crippen molar-refractivity contribution in [1.82, 2.24) is 4.98 Å². The van der Waals surface area contributed by atoms with Gasteiger partial charge < -0.3 is 9.84 Å². The number of pyridine rings is 1. The van der Waals surface area contributed by atoms with Gasteiger partial charge in [-0.25, -0.2) is 13.8 Å². The van der Waals surface area contributed by atoms with Crippen LogP contribution in [0.5, 0.6) is 5.88 Å². The van der Waals surface area contributed by atoms with Gasteiger partial charge >= 0.3 is 0 Å². The maximum absolute atomic E-state index is 14.0. The van der Waals surface area contributed by atoms with E-state index in [1.807, 2.05) is 0 Å². The summed E-state index contributed by atoms with van der Waals surface area (Å²) in [5, 5.41) is 9.61. The van der Waals surface area contributed by atoms with Gasteiger partial charge in [0.25, 0.3) is 0 Å². The Morgan fingerprint density at radius 3 is 2.81 bits per heavy atom. The van der Waals surface area contributed by atoms with Crippen LogP contribution in [-0.4, -0.2) is 22.3 Å². The predicted molar refractivity (Wildman–Crippen MR) is 74.0 cm³/mol. The van der Waals surface area contributed by atoms with Crippen LogP contribution in [0.4, 0.5) is 8.78 Å². The first-order valence-corrected chi connectivity index (χ1v) is 6.84. The average molecular weight is 291 g/mol. The Bertz CT molecular complexity index is 673. The third-order valence-electron chi connectivity index (χ3n) is 3.72. The molecule has 5 heteroatoms. The van der Waals surface area contributed by atoms with Crippen LogP contribution >= 0.6 is 0 Å². The Morgan fingerprint density at radius 2 is 2.10 bits per heavy atom. The van der Waals surface area contributed by atoms with Crippen LogP contribution in [0.2, 0.25) is 0 Å². The second-order valence-corrected chi connectivity index (χ2v) is 5.20. The van der Waals surface area contributed by atoms with Crippen LogP contribution in [0.1, 0.15) is 18.9 Å². The fraction of sp³-hybridized carbons (Fsp3) is 0.312. The van der Waals surface area contributed by atoms with Gasteiger partial charge in [-0.05, 0) is 43.5 Å². The van der Waals surface area contributed by atoms with Crippen molar-refractivity contribution in [1.29, 1.82) is 0 Å². The Balaban J connectivity index is 2.04. The van der Waals surface area contributed by atoms with Gasteiger partial charge in [0.05, 0.1) is 6.10 Å². The van der Waals surface area contributed by atoms with Crippen LogP contribution in [0, 0.1) is 11.6 Å². The van der Waals surface area contributed by atoms with Crippen molar-refractivity contribution in [3.8, 4) is 17.0 Å². The molecule has 0 radical (unpaired) electrons. The molecule has 0 bridgehead atoms. The second-order valence-electron chi connectivity index (χ2n) is 5.20. The summed E-state index contributed by atoms with van der Waals surface area (Å²) in [4.78, 5) is 4.16. The molecule has 1 N–H and O–H groups in total. The van der Waals surface area contributed by atoms with Crippen molar-refractivity contribution < 1.29 is 18.6 Å². The quantitative estimate of drug-likeness (QED) is 0.924. The largest absolute Gasteiger partial charge is 0.471 e. The summed E-state index contributed by atoms with van der Waals surface area (Å²) in [5.74, 6) is -0.806. The van der Waals surface area contributed by atoms with Crippen LogP contribution in [0.25, 0.3) is 11.1 Å². The zero-order valence-corrected chi connectivity index (χ0v) is 11.5. The van der Waals surface area contributed by atoms with Gasteiger partial charge in [0.2, 0.25) is 5.88 Å². The SMILES string of the molecule is CC(O)C1CCc2c(-c3ccc(F)cc3F)ccnc2O1. The van der Waals surface area contributed by atoms with E-state index in [2.05, 4.69) is 4.98 Å². The summed E-state index contributed by atoms with van der Waals surface area (Å²) in [6, 6.07) is 5.21. The highest BCUT2D eigenvalue weighted by Crippen LogP contribution is 2.35. The molecule has 1 aromatic carbocycles. The van der Waals surface area contributed by atoms with E-state index in [9.17, 15) is 13.9 Å². The number of nitrogens with zero attached hydrogens (tertiary/aromatic N) is 1. The molecule has 0 saturated carbocycles. The molecule has 2 heterocycles. The van der Waals surface area contributed by atoms with Gasteiger partial charge in [0.1, 0.15) is 17.7 Å². The smallest absolute Gasteiger partial charge is 0.217 e. The summed E-state index contributed by atoms with van der Waals surface area (Å²) in [6.07, 6.45) is 1.89. The van der Waals surface area contributed by atoms with Gasteiger partial charge in [-0.15, -0.1) is 0 Å². The lowest BCUT2D eigenvalue weighted by Crippen LogP contribution is -2.33. The first-order chi connectivity index (χ1) is 10.1. The molecule has 110 valence electrons. The molecule has 0 spiro atoms. The van der Waals surface area contributed by atoms with Crippen molar-refractivity contribution in [3.63, 3.8) is 0 Å². The van der Waals surface area contributed by atoms with Crippen molar-refractivity contribution in [2.75, 3.05) is 0 Å². The Hall–Kier alpha value is -2.01. The Kier molecular flexibility index (Phi) is 3.59. The van der Waals surface area contributed by atoms with Crippen LogP contribution in [0.3, 0.4) is 0 Å². The number of aliphatic hydroxyl groups is 1. The second kappa shape index (κ2) is 5.41. The molecule has 3 nitrogen and oxygen atoms in total. The third-order valence-corrected chi connectivity index (χ3v) is 3.72. The first-order valence-electron chi connectivity index (χ1n) is 6.84. The molecular weight excluding hydrogens is 276 g/mol. The van der Waals surface area contributed by atoms with Crippen LogP contribution in [0.15, 0.2) is 30.5 Å². The number of ether oxygens (including phenoxy) is 1. The highest BCUT2D eigenvalue weighted by atomic mass is 19.1. The third kappa shape index (κ3) is 2.61.